The number of ether oxygens (including phenoxy) is 1. The molecule has 0 fully saturated rings. The molecule has 0 spiro atoms. The van der Waals surface area contributed by atoms with Crippen LogP contribution in [0.15, 0.2) is 18.2 Å². The van der Waals surface area contributed by atoms with Gasteiger partial charge in [0.25, 0.3) is 0 Å². The normalized spacial score (nSPS) is 9.79. The van der Waals surface area contributed by atoms with Gasteiger partial charge in [-0.2, -0.15) is 0 Å². The number of aromatic hydroxyl groups is 1. The summed E-state index contributed by atoms with van der Waals surface area (Å²) in [4.78, 5) is 11.6. The van der Waals surface area contributed by atoms with Gasteiger partial charge in [0.05, 0.1) is 18.8 Å². The number of benzene rings is 1. The molecule has 0 heterocycles. The van der Waals surface area contributed by atoms with Crippen LogP contribution in [0.2, 0.25) is 0 Å². The highest BCUT2D eigenvalue weighted by Crippen LogP contribution is 2.24. The molecule has 0 unspecified atom stereocenters. The first kappa shape index (κ1) is 17.7. The molecule has 0 atom stereocenters. The lowest BCUT2D eigenvalue weighted by Crippen LogP contribution is -2.30. The van der Waals surface area contributed by atoms with Crippen LogP contribution in [0.4, 0.5) is 5.69 Å². The number of phenols is 1. The van der Waals surface area contributed by atoms with Crippen molar-refractivity contribution in [2.75, 3.05) is 32.1 Å². The predicted octanol–water partition coefficient (Wildman–Crippen LogP) is 1.55. The number of amides is 1. The minimum atomic E-state index is -0.186. The quantitative estimate of drug-likeness (QED) is 0.526. The lowest BCUT2D eigenvalue weighted by atomic mass is 10.1. The Morgan fingerprint density at radius 2 is 2.16 bits per heavy atom. The minimum Gasteiger partial charge on any atom is -0.506 e. The van der Waals surface area contributed by atoms with Crippen LogP contribution in [0.3, 0.4) is 0 Å². The predicted molar refractivity (Wildman–Crippen MR) is 78.1 cm³/mol. The first-order valence-corrected chi connectivity index (χ1v) is 5.98. The van der Waals surface area contributed by atoms with Crippen LogP contribution in [-0.4, -0.2) is 37.8 Å². The third-order valence-corrected chi connectivity index (χ3v) is 2.51. The highest BCUT2D eigenvalue weighted by atomic mass is 35.5. The number of phenolic OH excluding ortho intramolecular Hbond substituents is 1. The highest BCUT2D eigenvalue weighted by molar-refractivity contribution is 5.93. The summed E-state index contributed by atoms with van der Waals surface area (Å²) in [5.74, 6) is -0.105. The number of halogens is 1. The van der Waals surface area contributed by atoms with E-state index in [4.69, 9.17) is 4.74 Å². The zero-order chi connectivity index (χ0) is 13.4. The summed E-state index contributed by atoms with van der Waals surface area (Å²) in [6.45, 7) is 3.39. The highest BCUT2D eigenvalue weighted by Gasteiger charge is 2.06. The average Bonchev–Trinajstić information content (AvgIpc) is 2.37. The second kappa shape index (κ2) is 9.61. The zero-order valence-electron chi connectivity index (χ0n) is 11.2. The third-order valence-electron chi connectivity index (χ3n) is 2.51. The van der Waals surface area contributed by atoms with Crippen molar-refractivity contribution >= 4 is 24.0 Å². The van der Waals surface area contributed by atoms with Gasteiger partial charge in [-0.25, -0.2) is 0 Å². The number of aryl methyl sites for hydroxylation is 1. The van der Waals surface area contributed by atoms with E-state index in [1.807, 2.05) is 13.0 Å². The molecule has 0 aliphatic carbocycles. The topological polar surface area (TPSA) is 70.6 Å². The van der Waals surface area contributed by atoms with Crippen molar-refractivity contribution < 1.29 is 14.6 Å². The van der Waals surface area contributed by atoms with Crippen molar-refractivity contribution in [1.82, 2.24) is 5.32 Å². The standard InChI is InChI=1S/C13H20N2O3.ClH/c1-3-10-4-5-12(16)11(8-10)15-13(17)9-14-6-7-18-2;/h4-5,8,14,16H,3,6-7,9H2,1-2H3,(H,15,17);1H. The lowest BCUT2D eigenvalue weighted by molar-refractivity contribution is -0.115. The molecular formula is C13H21ClN2O3. The minimum absolute atomic E-state index is 0. The molecule has 1 aromatic carbocycles. The molecule has 3 N–H and O–H groups in total. The van der Waals surface area contributed by atoms with Crippen LogP contribution >= 0.6 is 12.4 Å². The molecular weight excluding hydrogens is 268 g/mol. The summed E-state index contributed by atoms with van der Waals surface area (Å²) in [5.41, 5.74) is 1.52. The van der Waals surface area contributed by atoms with Gasteiger partial charge in [0.1, 0.15) is 5.75 Å². The number of carbonyl (C=O) groups is 1. The van der Waals surface area contributed by atoms with E-state index >= 15 is 0 Å². The Labute approximate surface area is 119 Å². The molecule has 1 amide bonds. The Hall–Kier alpha value is -1.30. The molecule has 0 aliphatic heterocycles. The number of methoxy groups -OCH3 is 1. The molecule has 0 saturated carbocycles. The van der Waals surface area contributed by atoms with E-state index in [1.165, 1.54) is 0 Å². The van der Waals surface area contributed by atoms with Crippen LogP contribution in [0.5, 0.6) is 5.75 Å². The van der Waals surface area contributed by atoms with Crippen molar-refractivity contribution in [3.05, 3.63) is 23.8 Å². The maximum absolute atomic E-state index is 11.6. The third kappa shape index (κ3) is 6.42. The van der Waals surface area contributed by atoms with Gasteiger partial charge in [-0.15, -0.1) is 12.4 Å². The van der Waals surface area contributed by atoms with E-state index in [0.717, 1.165) is 12.0 Å². The first-order valence-electron chi connectivity index (χ1n) is 5.98. The van der Waals surface area contributed by atoms with Crippen molar-refractivity contribution in [3.63, 3.8) is 0 Å². The van der Waals surface area contributed by atoms with Gasteiger partial charge >= 0.3 is 0 Å². The summed E-state index contributed by atoms with van der Waals surface area (Å²) in [6, 6.07) is 5.21. The number of nitrogens with one attached hydrogen (secondary N) is 2. The van der Waals surface area contributed by atoms with Crippen molar-refractivity contribution in [2.45, 2.75) is 13.3 Å². The van der Waals surface area contributed by atoms with Gasteiger partial charge in [0, 0.05) is 13.7 Å². The summed E-state index contributed by atoms with van der Waals surface area (Å²) in [7, 11) is 1.61. The largest absolute Gasteiger partial charge is 0.506 e. The smallest absolute Gasteiger partial charge is 0.238 e. The zero-order valence-corrected chi connectivity index (χ0v) is 12.0. The Kier molecular flexibility index (Phi) is 8.95. The summed E-state index contributed by atoms with van der Waals surface area (Å²) in [6.07, 6.45) is 0.856. The Morgan fingerprint density at radius 1 is 1.42 bits per heavy atom. The SMILES string of the molecule is CCc1ccc(O)c(NC(=O)CNCCOC)c1.Cl. The van der Waals surface area contributed by atoms with Crippen LogP contribution in [0.25, 0.3) is 0 Å². The number of anilines is 1. The monoisotopic (exact) mass is 288 g/mol. The lowest BCUT2D eigenvalue weighted by Gasteiger charge is -2.09. The van der Waals surface area contributed by atoms with Gasteiger partial charge in [-0.3, -0.25) is 4.79 Å². The maximum Gasteiger partial charge on any atom is 0.238 e. The van der Waals surface area contributed by atoms with Crippen LogP contribution in [-0.2, 0) is 16.0 Å². The molecule has 0 radical (unpaired) electrons. The van der Waals surface area contributed by atoms with Gasteiger partial charge in [0.2, 0.25) is 5.91 Å². The molecule has 0 aliphatic rings. The molecule has 1 aromatic rings. The Bertz CT molecular complexity index is 399. The summed E-state index contributed by atoms with van der Waals surface area (Å²) in [5, 5.41) is 15.2. The number of rotatable bonds is 7. The first-order chi connectivity index (χ1) is 8.67. The molecule has 5 nitrogen and oxygen atoms in total. The molecule has 0 saturated heterocycles. The second-order valence-corrected chi connectivity index (χ2v) is 3.92. The van der Waals surface area contributed by atoms with E-state index in [1.54, 1.807) is 19.2 Å². The van der Waals surface area contributed by atoms with Gasteiger partial charge in [-0.1, -0.05) is 13.0 Å². The van der Waals surface area contributed by atoms with Gasteiger partial charge < -0.3 is 20.5 Å². The summed E-state index contributed by atoms with van der Waals surface area (Å²) >= 11 is 0. The van der Waals surface area contributed by atoms with Gasteiger partial charge in [-0.05, 0) is 24.1 Å². The van der Waals surface area contributed by atoms with Gasteiger partial charge in [0.15, 0.2) is 0 Å². The van der Waals surface area contributed by atoms with Crippen molar-refractivity contribution in [2.24, 2.45) is 0 Å². The fraction of sp³-hybridized carbons (Fsp3) is 0.462. The number of hydrogen-bond donors (Lipinski definition) is 3. The van der Waals surface area contributed by atoms with Crippen molar-refractivity contribution in [1.29, 1.82) is 0 Å². The van der Waals surface area contributed by atoms with E-state index in [9.17, 15) is 9.90 Å². The molecule has 1 rings (SSSR count). The average molecular weight is 289 g/mol. The summed E-state index contributed by atoms with van der Waals surface area (Å²) < 4.78 is 4.86. The Balaban J connectivity index is 0.00000324. The van der Waals surface area contributed by atoms with E-state index in [0.29, 0.717) is 18.8 Å². The van der Waals surface area contributed by atoms with E-state index in [-0.39, 0.29) is 30.6 Å². The van der Waals surface area contributed by atoms with Crippen LogP contribution in [0, 0.1) is 0 Å². The second-order valence-electron chi connectivity index (χ2n) is 3.92. The van der Waals surface area contributed by atoms with Crippen LogP contribution in [0.1, 0.15) is 12.5 Å². The molecule has 19 heavy (non-hydrogen) atoms. The fourth-order valence-electron chi connectivity index (χ4n) is 1.47. The Morgan fingerprint density at radius 3 is 2.79 bits per heavy atom. The number of carbonyl (C=O) groups excluding carboxylic acids is 1. The molecule has 0 aromatic heterocycles. The molecule has 0 bridgehead atoms. The molecule has 6 heteroatoms. The van der Waals surface area contributed by atoms with E-state index in [2.05, 4.69) is 10.6 Å². The van der Waals surface area contributed by atoms with Crippen molar-refractivity contribution in [3.8, 4) is 5.75 Å². The molecule has 108 valence electrons. The van der Waals surface area contributed by atoms with Crippen LogP contribution < -0.4 is 10.6 Å². The number of hydrogen-bond acceptors (Lipinski definition) is 4. The fourth-order valence-corrected chi connectivity index (χ4v) is 1.47. The van der Waals surface area contributed by atoms with E-state index < -0.39 is 0 Å². The maximum atomic E-state index is 11.6.